The lowest BCUT2D eigenvalue weighted by Gasteiger charge is -2.37. The number of nitrogens with zero attached hydrogens (tertiary/aromatic N) is 1. The number of carboxylic acid groups (broad SMARTS) is 1. The van der Waals surface area contributed by atoms with Crippen LogP contribution in [0.2, 0.25) is 0 Å². The SMILES string of the molecule is CCC1CCN(C(=O)CC2CCCO2)C(C(=O)O)C1. The van der Waals surface area contributed by atoms with Gasteiger partial charge in [-0.2, -0.15) is 0 Å². The molecule has 2 aliphatic rings. The minimum absolute atomic E-state index is 0.00848. The first-order chi connectivity index (χ1) is 9.11. The molecule has 3 unspecified atom stereocenters. The average molecular weight is 269 g/mol. The molecule has 0 bridgehead atoms. The zero-order chi connectivity index (χ0) is 13.8. The third kappa shape index (κ3) is 3.47. The molecule has 108 valence electrons. The first kappa shape index (κ1) is 14.3. The summed E-state index contributed by atoms with van der Waals surface area (Å²) < 4.78 is 5.46. The van der Waals surface area contributed by atoms with E-state index >= 15 is 0 Å². The third-order valence-electron chi connectivity index (χ3n) is 4.32. The summed E-state index contributed by atoms with van der Waals surface area (Å²) in [5.41, 5.74) is 0. The van der Waals surface area contributed by atoms with Gasteiger partial charge in [0.05, 0.1) is 12.5 Å². The van der Waals surface area contributed by atoms with Gasteiger partial charge in [-0.25, -0.2) is 4.79 Å². The molecule has 0 saturated carbocycles. The second-order valence-electron chi connectivity index (χ2n) is 5.58. The third-order valence-corrected chi connectivity index (χ3v) is 4.32. The van der Waals surface area contributed by atoms with Crippen LogP contribution in [0.25, 0.3) is 0 Å². The molecule has 0 aromatic rings. The predicted molar refractivity (Wildman–Crippen MR) is 69.7 cm³/mol. The summed E-state index contributed by atoms with van der Waals surface area (Å²) in [4.78, 5) is 25.1. The second kappa shape index (κ2) is 6.37. The minimum Gasteiger partial charge on any atom is -0.480 e. The fourth-order valence-electron chi connectivity index (χ4n) is 3.06. The van der Waals surface area contributed by atoms with E-state index in [0.29, 0.717) is 25.3 Å². The molecule has 19 heavy (non-hydrogen) atoms. The van der Waals surface area contributed by atoms with E-state index in [0.717, 1.165) is 32.3 Å². The van der Waals surface area contributed by atoms with Gasteiger partial charge >= 0.3 is 5.97 Å². The molecule has 0 spiro atoms. The zero-order valence-electron chi connectivity index (χ0n) is 11.5. The van der Waals surface area contributed by atoms with Crippen LogP contribution in [0.15, 0.2) is 0 Å². The molecular formula is C14H23NO4. The highest BCUT2D eigenvalue weighted by Crippen LogP contribution is 2.27. The lowest BCUT2D eigenvalue weighted by atomic mass is 9.88. The maximum Gasteiger partial charge on any atom is 0.326 e. The summed E-state index contributed by atoms with van der Waals surface area (Å²) in [6.07, 6.45) is 4.72. The number of amides is 1. The molecule has 0 aromatic heterocycles. The Hall–Kier alpha value is -1.10. The first-order valence-corrected chi connectivity index (χ1v) is 7.25. The van der Waals surface area contributed by atoms with Gasteiger partial charge in [-0.15, -0.1) is 0 Å². The Morgan fingerprint density at radius 3 is 2.74 bits per heavy atom. The van der Waals surface area contributed by atoms with Crippen LogP contribution < -0.4 is 0 Å². The minimum atomic E-state index is -0.876. The molecule has 0 radical (unpaired) electrons. The first-order valence-electron chi connectivity index (χ1n) is 7.25. The predicted octanol–water partition coefficient (Wildman–Crippen LogP) is 1.66. The zero-order valence-corrected chi connectivity index (χ0v) is 11.5. The van der Waals surface area contributed by atoms with E-state index in [-0.39, 0.29) is 12.0 Å². The van der Waals surface area contributed by atoms with E-state index in [1.807, 2.05) is 0 Å². The van der Waals surface area contributed by atoms with Crippen molar-refractivity contribution in [2.75, 3.05) is 13.2 Å². The lowest BCUT2D eigenvalue weighted by molar-refractivity contribution is -0.154. The highest BCUT2D eigenvalue weighted by Gasteiger charge is 2.36. The standard InChI is InChI=1S/C14H23NO4/c1-2-10-5-6-15(12(8-10)14(17)18)13(16)9-11-4-3-7-19-11/h10-12H,2-9H2,1H3,(H,17,18). The van der Waals surface area contributed by atoms with Gasteiger partial charge in [0.2, 0.25) is 5.91 Å². The number of ether oxygens (including phenoxy) is 1. The van der Waals surface area contributed by atoms with Gasteiger partial charge in [0.1, 0.15) is 6.04 Å². The number of piperidine rings is 1. The molecule has 0 aliphatic carbocycles. The molecular weight excluding hydrogens is 246 g/mol. The van der Waals surface area contributed by atoms with Crippen molar-refractivity contribution in [3.05, 3.63) is 0 Å². The lowest BCUT2D eigenvalue weighted by Crippen LogP contribution is -2.50. The van der Waals surface area contributed by atoms with E-state index < -0.39 is 12.0 Å². The van der Waals surface area contributed by atoms with E-state index in [1.165, 1.54) is 0 Å². The van der Waals surface area contributed by atoms with Crippen LogP contribution in [0.5, 0.6) is 0 Å². The Kier molecular flexibility index (Phi) is 4.80. The molecule has 2 rings (SSSR count). The highest BCUT2D eigenvalue weighted by atomic mass is 16.5. The van der Waals surface area contributed by atoms with Gasteiger partial charge in [0.15, 0.2) is 0 Å². The van der Waals surface area contributed by atoms with Crippen LogP contribution >= 0.6 is 0 Å². The van der Waals surface area contributed by atoms with E-state index in [1.54, 1.807) is 4.90 Å². The summed E-state index contributed by atoms with van der Waals surface area (Å²) >= 11 is 0. The molecule has 2 heterocycles. The number of rotatable bonds is 4. The summed E-state index contributed by atoms with van der Waals surface area (Å²) in [7, 11) is 0. The van der Waals surface area contributed by atoms with Crippen molar-refractivity contribution in [2.24, 2.45) is 5.92 Å². The van der Waals surface area contributed by atoms with Crippen LogP contribution in [0, 0.1) is 5.92 Å². The maximum atomic E-state index is 12.2. The maximum absolute atomic E-state index is 12.2. The van der Waals surface area contributed by atoms with Crippen LogP contribution in [0.3, 0.4) is 0 Å². The van der Waals surface area contributed by atoms with Crippen molar-refractivity contribution >= 4 is 11.9 Å². The van der Waals surface area contributed by atoms with Crippen molar-refractivity contribution in [3.63, 3.8) is 0 Å². The number of likely N-dealkylation sites (tertiary alicyclic amines) is 1. The summed E-state index contributed by atoms with van der Waals surface area (Å²) in [5.74, 6) is -0.513. The molecule has 5 heteroatoms. The van der Waals surface area contributed by atoms with Gasteiger partial charge in [-0.3, -0.25) is 4.79 Å². The molecule has 1 amide bonds. The molecule has 0 aromatic carbocycles. The topological polar surface area (TPSA) is 66.8 Å². The fourth-order valence-corrected chi connectivity index (χ4v) is 3.06. The van der Waals surface area contributed by atoms with Gasteiger partial charge in [-0.1, -0.05) is 13.3 Å². The molecule has 2 fully saturated rings. The Labute approximate surface area is 113 Å². The number of carboxylic acids is 1. The van der Waals surface area contributed by atoms with Crippen molar-refractivity contribution in [1.82, 2.24) is 4.90 Å². The normalized spacial score (nSPS) is 31.4. The number of carbonyl (C=O) groups excluding carboxylic acids is 1. The van der Waals surface area contributed by atoms with Crippen LogP contribution in [0.4, 0.5) is 0 Å². The Morgan fingerprint density at radius 2 is 2.16 bits per heavy atom. The van der Waals surface area contributed by atoms with E-state index in [9.17, 15) is 14.7 Å². The molecule has 5 nitrogen and oxygen atoms in total. The monoisotopic (exact) mass is 269 g/mol. The van der Waals surface area contributed by atoms with Gasteiger partial charge in [0, 0.05) is 13.2 Å². The van der Waals surface area contributed by atoms with E-state index in [4.69, 9.17) is 4.74 Å². The molecule has 1 N–H and O–H groups in total. The van der Waals surface area contributed by atoms with Crippen molar-refractivity contribution in [3.8, 4) is 0 Å². The Bertz CT molecular complexity index is 338. The van der Waals surface area contributed by atoms with Crippen molar-refractivity contribution in [1.29, 1.82) is 0 Å². The van der Waals surface area contributed by atoms with Crippen molar-refractivity contribution < 1.29 is 19.4 Å². The molecule has 3 atom stereocenters. The quantitative estimate of drug-likeness (QED) is 0.843. The molecule has 2 aliphatic heterocycles. The summed E-state index contributed by atoms with van der Waals surface area (Å²) in [5, 5.41) is 9.31. The summed E-state index contributed by atoms with van der Waals surface area (Å²) in [6, 6.07) is -0.646. The highest BCUT2D eigenvalue weighted by molar-refractivity contribution is 5.84. The fraction of sp³-hybridized carbons (Fsp3) is 0.857. The van der Waals surface area contributed by atoms with Crippen LogP contribution in [-0.2, 0) is 14.3 Å². The van der Waals surface area contributed by atoms with Crippen LogP contribution in [0.1, 0.15) is 45.4 Å². The second-order valence-corrected chi connectivity index (χ2v) is 5.58. The van der Waals surface area contributed by atoms with Gasteiger partial charge in [0.25, 0.3) is 0 Å². The smallest absolute Gasteiger partial charge is 0.326 e. The Morgan fingerprint density at radius 1 is 1.37 bits per heavy atom. The largest absolute Gasteiger partial charge is 0.480 e. The number of hydrogen-bond donors (Lipinski definition) is 1. The van der Waals surface area contributed by atoms with Gasteiger partial charge in [-0.05, 0) is 31.6 Å². The van der Waals surface area contributed by atoms with Crippen molar-refractivity contribution in [2.45, 2.75) is 57.6 Å². The summed E-state index contributed by atoms with van der Waals surface area (Å²) in [6.45, 7) is 3.37. The Balaban J connectivity index is 1.96. The van der Waals surface area contributed by atoms with E-state index in [2.05, 4.69) is 6.92 Å². The van der Waals surface area contributed by atoms with Crippen LogP contribution in [-0.4, -0.2) is 47.2 Å². The number of carbonyl (C=O) groups is 2. The van der Waals surface area contributed by atoms with Gasteiger partial charge < -0.3 is 14.7 Å². The number of aliphatic carboxylic acids is 1. The average Bonchev–Trinajstić information content (AvgIpc) is 2.90. The number of hydrogen-bond acceptors (Lipinski definition) is 3. The molecule has 2 saturated heterocycles.